The van der Waals surface area contributed by atoms with Crippen LogP contribution in [-0.2, 0) is 13.1 Å². The molecule has 0 aliphatic rings. The molecule has 1 aromatic heterocycles. The minimum atomic E-state index is -0.751. The third-order valence-corrected chi connectivity index (χ3v) is 3.62. The van der Waals surface area contributed by atoms with Crippen LogP contribution in [0.5, 0.6) is 0 Å². The summed E-state index contributed by atoms with van der Waals surface area (Å²) in [6.07, 6.45) is 3.54. The van der Waals surface area contributed by atoms with Gasteiger partial charge in [-0.15, -0.1) is 0 Å². The van der Waals surface area contributed by atoms with Crippen LogP contribution < -0.4 is 5.32 Å². The van der Waals surface area contributed by atoms with E-state index in [1.165, 1.54) is 0 Å². The van der Waals surface area contributed by atoms with Crippen molar-refractivity contribution in [3.05, 3.63) is 89.2 Å². The predicted octanol–water partition coefficient (Wildman–Crippen LogP) is 3.14. The van der Waals surface area contributed by atoms with E-state index >= 15 is 0 Å². The lowest BCUT2D eigenvalue weighted by molar-refractivity contribution is 0.0946. The van der Waals surface area contributed by atoms with Gasteiger partial charge in [0.05, 0.1) is 12.1 Å². The Morgan fingerprint density at radius 1 is 1.08 bits per heavy atom. The molecule has 0 unspecified atom stereocenters. The lowest BCUT2D eigenvalue weighted by Gasteiger charge is -2.11. The number of carbonyl (C=O) groups excluding carboxylic acids is 1. The zero-order valence-electron chi connectivity index (χ0n) is 12.7. The Hall–Kier alpha value is -3.02. The fourth-order valence-corrected chi connectivity index (χ4v) is 2.39. The summed E-state index contributed by atoms with van der Waals surface area (Å²) < 4.78 is 28.6. The number of carbonyl (C=O) groups is 1. The third kappa shape index (κ3) is 3.65. The second-order valence-corrected chi connectivity index (χ2v) is 5.28. The highest BCUT2D eigenvalue weighted by atomic mass is 19.1. The Balaban J connectivity index is 1.72. The fraction of sp³-hybridized carbons (Fsp3) is 0.111. The SMILES string of the molecule is O=C(NCc1ccccc1Cn1cccn1)c1cc(F)ccc1F. The smallest absolute Gasteiger partial charge is 0.254 e. The van der Waals surface area contributed by atoms with Gasteiger partial charge in [-0.25, -0.2) is 8.78 Å². The molecular weight excluding hydrogens is 312 g/mol. The van der Waals surface area contributed by atoms with Gasteiger partial charge in [-0.3, -0.25) is 9.48 Å². The minimum absolute atomic E-state index is 0.215. The van der Waals surface area contributed by atoms with E-state index in [0.29, 0.717) is 6.54 Å². The first-order valence-electron chi connectivity index (χ1n) is 7.41. The van der Waals surface area contributed by atoms with E-state index in [4.69, 9.17) is 0 Å². The summed E-state index contributed by atoms with van der Waals surface area (Å²) in [5.41, 5.74) is 1.57. The summed E-state index contributed by atoms with van der Waals surface area (Å²) in [4.78, 5) is 12.1. The zero-order chi connectivity index (χ0) is 16.9. The van der Waals surface area contributed by atoms with Crippen LogP contribution in [0.1, 0.15) is 21.5 Å². The Kier molecular flexibility index (Phi) is 4.65. The fourth-order valence-electron chi connectivity index (χ4n) is 2.39. The molecule has 2 aromatic carbocycles. The number of benzene rings is 2. The van der Waals surface area contributed by atoms with Crippen molar-refractivity contribution in [1.82, 2.24) is 15.1 Å². The van der Waals surface area contributed by atoms with Gasteiger partial charge in [0, 0.05) is 18.9 Å². The number of hydrogen-bond donors (Lipinski definition) is 1. The molecule has 3 aromatic rings. The lowest BCUT2D eigenvalue weighted by Crippen LogP contribution is -2.24. The van der Waals surface area contributed by atoms with Crippen molar-refractivity contribution >= 4 is 5.91 Å². The number of hydrogen-bond acceptors (Lipinski definition) is 2. The summed E-state index contributed by atoms with van der Waals surface area (Å²) in [6.45, 7) is 0.777. The molecule has 0 atom stereocenters. The minimum Gasteiger partial charge on any atom is -0.348 e. The molecule has 4 nitrogen and oxygen atoms in total. The zero-order valence-corrected chi connectivity index (χ0v) is 12.7. The standard InChI is InChI=1S/C18H15F2N3O/c19-15-6-7-17(20)16(10-15)18(24)21-11-13-4-1-2-5-14(13)12-23-9-3-8-22-23/h1-10H,11-12H2,(H,21,24). The van der Waals surface area contributed by atoms with Gasteiger partial charge in [-0.2, -0.15) is 5.10 Å². The second kappa shape index (κ2) is 7.04. The lowest BCUT2D eigenvalue weighted by atomic mass is 10.1. The van der Waals surface area contributed by atoms with E-state index in [2.05, 4.69) is 10.4 Å². The molecule has 0 aliphatic carbocycles. The van der Waals surface area contributed by atoms with E-state index in [1.54, 1.807) is 10.9 Å². The topological polar surface area (TPSA) is 46.9 Å². The molecule has 0 aliphatic heterocycles. The first-order valence-corrected chi connectivity index (χ1v) is 7.41. The molecule has 0 spiro atoms. The Morgan fingerprint density at radius 3 is 2.62 bits per heavy atom. The normalized spacial score (nSPS) is 10.6. The molecule has 3 rings (SSSR count). The van der Waals surface area contributed by atoms with Crippen LogP contribution in [0.15, 0.2) is 60.9 Å². The van der Waals surface area contributed by atoms with Gasteiger partial charge in [0.1, 0.15) is 11.6 Å². The summed E-state index contributed by atoms with van der Waals surface area (Å²) in [7, 11) is 0. The highest BCUT2D eigenvalue weighted by molar-refractivity contribution is 5.94. The van der Waals surface area contributed by atoms with Gasteiger partial charge in [0.25, 0.3) is 5.91 Å². The van der Waals surface area contributed by atoms with Crippen LogP contribution in [0.2, 0.25) is 0 Å². The summed E-state index contributed by atoms with van der Waals surface area (Å²) in [5, 5.41) is 6.78. The van der Waals surface area contributed by atoms with Crippen LogP contribution in [0, 0.1) is 11.6 Å². The quantitative estimate of drug-likeness (QED) is 0.782. The van der Waals surface area contributed by atoms with Gasteiger partial charge >= 0.3 is 0 Å². The molecule has 6 heteroatoms. The molecule has 0 radical (unpaired) electrons. The molecule has 1 heterocycles. The van der Waals surface area contributed by atoms with E-state index in [0.717, 1.165) is 29.3 Å². The van der Waals surface area contributed by atoms with E-state index in [-0.39, 0.29) is 12.1 Å². The van der Waals surface area contributed by atoms with Crippen LogP contribution in [0.25, 0.3) is 0 Å². The molecule has 0 saturated heterocycles. The molecule has 0 bridgehead atoms. The maximum atomic E-state index is 13.6. The first kappa shape index (κ1) is 15.9. The number of rotatable bonds is 5. The molecule has 0 fully saturated rings. The number of halogens is 2. The van der Waals surface area contributed by atoms with Gasteiger partial charge in [-0.1, -0.05) is 24.3 Å². The van der Waals surface area contributed by atoms with Gasteiger partial charge in [0.15, 0.2) is 0 Å². The van der Waals surface area contributed by atoms with Crippen LogP contribution in [0.4, 0.5) is 8.78 Å². The number of nitrogens with one attached hydrogen (secondary N) is 1. The largest absolute Gasteiger partial charge is 0.348 e. The molecular formula is C18H15F2N3O. The average Bonchev–Trinajstić information content (AvgIpc) is 3.09. The average molecular weight is 327 g/mol. The maximum Gasteiger partial charge on any atom is 0.254 e. The second-order valence-electron chi connectivity index (χ2n) is 5.28. The molecule has 1 N–H and O–H groups in total. The predicted molar refractivity (Wildman–Crippen MR) is 85.3 cm³/mol. The van der Waals surface area contributed by atoms with Crippen molar-refractivity contribution in [3.63, 3.8) is 0 Å². The van der Waals surface area contributed by atoms with Gasteiger partial charge in [0.2, 0.25) is 0 Å². The van der Waals surface area contributed by atoms with Crippen LogP contribution in [-0.4, -0.2) is 15.7 Å². The monoisotopic (exact) mass is 327 g/mol. The summed E-state index contributed by atoms with van der Waals surface area (Å²) in [6, 6.07) is 12.2. The third-order valence-electron chi connectivity index (χ3n) is 3.62. The van der Waals surface area contributed by atoms with Crippen molar-refractivity contribution in [2.45, 2.75) is 13.1 Å². The maximum absolute atomic E-state index is 13.6. The molecule has 24 heavy (non-hydrogen) atoms. The van der Waals surface area contributed by atoms with Gasteiger partial charge in [-0.05, 0) is 35.4 Å². The van der Waals surface area contributed by atoms with Crippen molar-refractivity contribution in [2.75, 3.05) is 0 Å². The van der Waals surface area contributed by atoms with E-state index in [9.17, 15) is 13.6 Å². The van der Waals surface area contributed by atoms with Crippen molar-refractivity contribution in [3.8, 4) is 0 Å². The van der Waals surface area contributed by atoms with Crippen molar-refractivity contribution in [2.24, 2.45) is 0 Å². The molecule has 122 valence electrons. The van der Waals surface area contributed by atoms with E-state index < -0.39 is 17.5 Å². The van der Waals surface area contributed by atoms with Gasteiger partial charge < -0.3 is 5.32 Å². The molecule has 0 saturated carbocycles. The highest BCUT2D eigenvalue weighted by Crippen LogP contribution is 2.12. The first-order chi connectivity index (χ1) is 11.6. The number of aromatic nitrogens is 2. The Labute approximate surface area is 137 Å². The highest BCUT2D eigenvalue weighted by Gasteiger charge is 2.13. The van der Waals surface area contributed by atoms with Crippen molar-refractivity contribution in [1.29, 1.82) is 0 Å². The van der Waals surface area contributed by atoms with Crippen LogP contribution in [0.3, 0.4) is 0 Å². The molecule has 1 amide bonds. The number of nitrogens with zero attached hydrogens (tertiary/aromatic N) is 2. The van der Waals surface area contributed by atoms with E-state index in [1.807, 2.05) is 36.5 Å². The Bertz CT molecular complexity index is 847. The summed E-state index contributed by atoms with van der Waals surface area (Å²) >= 11 is 0. The Morgan fingerprint density at radius 2 is 1.88 bits per heavy atom. The number of amides is 1. The van der Waals surface area contributed by atoms with Crippen LogP contribution >= 0.6 is 0 Å². The van der Waals surface area contributed by atoms with Crippen molar-refractivity contribution < 1.29 is 13.6 Å². The summed E-state index contributed by atoms with van der Waals surface area (Å²) in [5.74, 6) is -2.06.